The summed E-state index contributed by atoms with van der Waals surface area (Å²) in [6, 6.07) is 0. The minimum absolute atomic E-state index is 0.627. The molecule has 1 saturated carbocycles. The molecule has 0 saturated heterocycles. The van der Waals surface area contributed by atoms with Crippen molar-refractivity contribution < 1.29 is 14.2 Å². The Morgan fingerprint density at radius 1 is 0.731 bits per heavy atom. The third kappa shape index (κ3) is 10.9. The zero-order valence-electron chi connectivity index (χ0n) is 15.6. The van der Waals surface area contributed by atoms with Crippen LogP contribution in [0.4, 0.5) is 0 Å². The SMILES string of the molecule is CCOC(=S)SCC1CC(CSC(=S)OC)CC(CSC(=S)OCC)C1. The van der Waals surface area contributed by atoms with Gasteiger partial charge >= 0.3 is 0 Å². The van der Waals surface area contributed by atoms with Crippen molar-refractivity contribution in [2.24, 2.45) is 17.8 Å². The molecule has 1 aliphatic rings. The Labute approximate surface area is 186 Å². The van der Waals surface area contributed by atoms with E-state index in [0.717, 1.165) is 17.3 Å². The Morgan fingerprint density at radius 2 is 1.08 bits per heavy atom. The van der Waals surface area contributed by atoms with Crippen molar-refractivity contribution in [1.29, 1.82) is 0 Å². The number of hydrogen-bond donors (Lipinski definition) is 0. The maximum atomic E-state index is 5.40. The standard InChI is InChI=1S/C17H28O3S6/c1-4-19-16(22)25-10-13-6-12(9-24-15(21)18-3)7-14(8-13)11-26-17(23)20-5-2/h12-14H,4-11H2,1-3H3. The molecule has 0 bridgehead atoms. The van der Waals surface area contributed by atoms with E-state index in [1.165, 1.54) is 19.3 Å². The molecular weight excluding hydrogens is 445 g/mol. The van der Waals surface area contributed by atoms with Crippen LogP contribution in [-0.2, 0) is 14.2 Å². The van der Waals surface area contributed by atoms with Crippen LogP contribution < -0.4 is 0 Å². The number of methoxy groups -OCH3 is 1. The second kappa shape index (κ2) is 14.7. The lowest BCUT2D eigenvalue weighted by Crippen LogP contribution is -2.28. The van der Waals surface area contributed by atoms with Gasteiger partial charge in [-0.3, -0.25) is 0 Å². The molecule has 2 atom stereocenters. The van der Waals surface area contributed by atoms with E-state index in [2.05, 4.69) is 0 Å². The number of thiocarbonyl (C=S) groups is 3. The van der Waals surface area contributed by atoms with Gasteiger partial charge in [-0.05, 0) is 87.5 Å². The minimum atomic E-state index is 0.627. The van der Waals surface area contributed by atoms with E-state index in [9.17, 15) is 0 Å². The first-order valence-corrected chi connectivity index (χ1v) is 13.0. The topological polar surface area (TPSA) is 27.7 Å². The average molecular weight is 473 g/mol. The predicted molar refractivity (Wildman–Crippen MR) is 130 cm³/mol. The maximum Gasteiger partial charge on any atom is 0.219 e. The Hall–Kier alpha value is 0.720. The van der Waals surface area contributed by atoms with Crippen molar-refractivity contribution in [2.45, 2.75) is 33.1 Å². The van der Waals surface area contributed by atoms with Crippen LogP contribution in [0.25, 0.3) is 0 Å². The van der Waals surface area contributed by atoms with Crippen molar-refractivity contribution in [2.75, 3.05) is 37.6 Å². The maximum absolute atomic E-state index is 5.40. The van der Waals surface area contributed by atoms with Crippen LogP contribution in [0.15, 0.2) is 0 Å². The lowest BCUT2D eigenvalue weighted by molar-refractivity contribution is 0.243. The van der Waals surface area contributed by atoms with E-state index in [-0.39, 0.29) is 0 Å². The van der Waals surface area contributed by atoms with Crippen LogP contribution in [0.2, 0.25) is 0 Å². The van der Waals surface area contributed by atoms with Gasteiger partial charge in [0.2, 0.25) is 13.1 Å². The van der Waals surface area contributed by atoms with E-state index >= 15 is 0 Å². The van der Waals surface area contributed by atoms with Gasteiger partial charge in [-0.1, -0.05) is 35.3 Å². The lowest BCUT2D eigenvalue weighted by Gasteiger charge is -2.34. The van der Waals surface area contributed by atoms with Gasteiger partial charge in [-0.2, -0.15) is 0 Å². The average Bonchev–Trinajstić information content (AvgIpc) is 2.63. The fourth-order valence-corrected chi connectivity index (χ4v) is 6.35. The van der Waals surface area contributed by atoms with Crippen LogP contribution in [-0.4, -0.2) is 50.7 Å². The molecular formula is C17H28O3S6. The molecule has 0 amide bonds. The van der Waals surface area contributed by atoms with E-state index < -0.39 is 0 Å². The molecule has 2 unspecified atom stereocenters. The Morgan fingerprint density at radius 3 is 1.38 bits per heavy atom. The Bertz CT molecular complexity index is 430. The van der Waals surface area contributed by atoms with Crippen LogP contribution in [0, 0.1) is 17.8 Å². The molecule has 0 radical (unpaired) electrons. The van der Waals surface area contributed by atoms with Gasteiger partial charge < -0.3 is 14.2 Å². The van der Waals surface area contributed by atoms with Gasteiger partial charge in [0, 0.05) is 17.3 Å². The summed E-state index contributed by atoms with van der Waals surface area (Å²) in [7, 11) is 1.64. The molecule has 0 aliphatic heterocycles. The molecule has 0 spiro atoms. The van der Waals surface area contributed by atoms with E-state index in [1.807, 2.05) is 13.8 Å². The summed E-state index contributed by atoms with van der Waals surface area (Å²) in [6.45, 7) is 5.21. The molecule has 9 heteroatoms. The summed E-state index contributed by atoms with van der Waals surface area (Å²) in [5.41, 5.74) is 0. The first-order valence-electron chi connectivity index (χ1n) is 8.78. The van der Waals surface area contributed by atoms with Crippen LogP contribution in [0.1, 0.15) is 33.1 Å². The third-order valence-electron chi connectivity index (χ3n) is 4.00. The normalized spacial score (nSPS) is 22.5. The van der Waals surface area contributed by atoms with Crippen molar-refractivity contribution in [3.05, 3.63) is 0 Å². The zero-order chi connectivity index (χ0) is 19.4. The van der Waals surface area contributed by atoms with Gasteiger partial charge in [-0.15, -0.1) is 0 Å². The van der Waals surface area contributed by atoms with Gasteiger partial charge in [0.25, 0.3) is 0 Å². The van der Waals surface area contributed by atoms with Crippen LogP contribution in [0.5, 0.6) is 0 Å². The highest BCUT2D eigenvalue weighted by molar-refractivity contribution is 8.23. The summed E-state index contributed by atoms with van der Waals surface area (Å²) in [4.78, 5) is 0. The number of ether oxygens (including phenoxy) is 3. The van der Waals surface area contributed by atoms with Gasteiger partial charge in [-0.25, -0.2) is 0 Å². The second-order valence-electron chi connectivity index (χ2n) is 6.06. The Kier molecular flexibility index (Phi) is 14.0. The molecule has 26 heavy (non-hydrogen) atoms. The van der Waals surface area contributed by atoms with Gasteiger partial charge in [0.15, 0.2) is 0 Å². The molecule has 1 rings (SSSR count). The monoisotopic (exact) mass is 472 g/mol. The molecule has 0 heterocycles. The van der Waals surface area contributed by atoms with Crippen molar-refractivity contribution in [3.63, 3.8) is 0 Å². The highest BCUT2D eigenvalue weighted by Gasteiger charge is 2.30. The smallest absolute Gasteiger partial charge is 0.219 e. The van der Waals surface area contributed by atoms with Gasteiger partial charge in [0.05, 0.1) is 20.3 Å². The van der Waals surface area contributed by atoms with Crippen molar-refractivity contribution in [3.8, 4) is 0 Å². The molecule has 0 aromatic carbocycles. The number of hydrogen-bond acceptors (Lipinski definition) is 9. The summed E-state index contributed by atoms with van der Waals surface area (Å²) in [5.74, 6) is 4.97. The molecule has 0 aromatic heterocycles. The summed E-state index contributed by atoms with van der Waals surface area (Å²) in [6.07, 6.45) is 3.62. The Balaban J connectivity index is 2.54. The molecule has 150 valence electrons. The highest BCUT2D eigenvalue weighted by Crippen LogP contribution is 2.38. The van der Waals surface area contributed by atoms with Crippen molar-refractivity contribution >= 4 is 85.1 Å². The molecule has 0 aromatic rings. The van der Waals surface area contributed by atoms with Crippen LogP contribution in [0.3, 0.4) is 0 Å². The minimum Gasteiger partial charge on any atom is -0.482 e. The predicted octanol–water partition coefficient (Wildman–Crippen LogP) is 5.79. The largest absolute Gasteiger partial charge is 0.482 e. The summed E-state index contributed by atoms with van der Waals surface area (Å²) in [5, 5.41) is 0. The molecule has 1 aliphatic carbocycles. The number of rotatable bonds is 8. The first-order chi connectivity index (χ1) is 12.5. The molecule has 3 nitrogen and oxygen atoms in total. The highest BCUT2D eigenvalue weighted by atomic mass is 32.2. The molecule has 1 fully saturated rings. The zero-order valence-corrected chi connectivity index (χ0v) is 20.5. The summed E-state index contributed by atoms with van der Waals surface area (Å²) >= 11 is 20.7. The third-order valence-corrected chi connectivity index (χ3v) is 8.49. The summed E-state index contributed by atoms with van der Waals surface area (Å²) < 4.78 is 17.9. The molecule has 0 N–H and O–H groups in total. The van der Waals surface area contributed by atoms with E-state index in [0.29, 0.717) is 44.1 Å². The first kappa shape index (κ1) is 24.8. The van der Waals surface area contributed by atoms with Crippen LogP contribution >= 0.6 is 71.9 Å². The van der Waals surface area contributed by atoms with Crippen molar-refractivity contribution in [1.82, 2.24) is 0 Å². The van der Waals surface area contributed by atoms with E-state index in [1.54, 1.807) is 42.4 Å². The van der Waals surface area contributed by atoms with E-state index in [4.69, 9.17) is 50.9 Å². The van der Waals surface area contributed by atoms with Gasteiger partial charge in [0.1, 0.15) is 0 Å². The fraction of sp³-hybridized carbons (Fsp3) is 0.824. The number of thioether (sulfide) groups is 3. The second-order valence-corrected chi connectivity index (χ2v) is 10.9. The fourth-order valence-electron chi connectivity index (χ4n) is 3.05. The lowest BCUT2D eigenvalue weighted by atomic mass is 9.77. The quantitative estimate of drug-likeness (QED) is 0.407.